The van der Waals surface area contributed by atoms with E-state index < -0.39 is 0 Å². The van der Waals surface area contributed by atoms with Crippen molar-refractivity contribution >= 4 is 35.6 Å². The molecule has 0 aliphatic carbocycles. The summed E-state index contributed by atoms with van der Waals surface area (Å²) < 4.78 is 0. The van der Waals surface area contributed by atoms with E-state index in [1.165, 1.54) is 0 Å². The van der Waals surface area contributed by atoms with Gasteiger partial charge in [-0.05, 0) is 29.2 Å². The quantitative estimate of drug-likeness (QED) is 0.732. The highest BCUT2D eigenvalue weighted by molar-refractivity contribution is 6.76. The summed E-state index contributed by atoms with van der Waals surface area (Å²) in [5.41, 5.74) is 3.51. The zero-order valence-electron chi connectivity index (χ0n) is 13.5. The fourth-order valence-electron chi connectivity index (χ4n) is 3.16. The summed E-state index contributed by atoms with van der Waals surface area (Å²) in [6.45, 7) is 0.208. The highest BCUT2D eigenvalue weighted by Gasteiger charge is 2.37. The molecule has 0 bridgehead atoms. The average Bonchev–Trinajstić information content (AvgIpc) is 2.66. The van der Waals surface area contributed by atoms with Crippen LogP contribution < -0.4 is 10.7 Å². The number of amides is 1. The minimum absolute atomic E-state index is 0.00289. The van der Waals surface area contributed by atoms with Crippen molar-refractivity contribution in [1.29, 1.82) is 0 Å². The molecular formula is C20H16BClN2O. The molecule has 1 aliphatic heterocycles. The Hall–Kier alpha value is -2.72. The minimum atomic E-state index is -0.236. The van der Waals surface area contributed by atoms with Crippen LogP contribution in [-0.4, -0.2) is 17.7 Å². The van der Waals surface area contributed by atoms with Crippen molar-refractivity contribution in [3.8, 4) is 0 Å². The van der Waals surface area contributed by atoms with E-state index in [1.54, 1.807) is 0 Å². The van der Waals surface area contributed by atoms with E-state index in [1.807, 2.05) is 83.7 Å². The van der Waals surface area contributed by atoms with Gasteiger partial charge in [-0.25, -0.2) is 0 Å². The largest absolute Gasteiger partial charge is 0.411 e. The molecule has 3 nitrogen and oxygen atoms in total. The lowest BCUT2D eigenvalue weighted by molar-refractivity contribution is 0.0847. The summed E-state index contributed by atoms with van der Waals surface area (Å²) in [5.74, 6) is 0.00289. The van der Waals surface area contributed by atoms with Gasteiger partial charge >= 0.3 is 6.98 Å². The molecule has 0 saturated heterocycles. The van der Waals surface area contributed by atoms with Crippen molar-refractivity contribution in [2.75, 3.05) is 5.23 Å². The third-order valence-electron chi connectivity index (χ3n) is 4.44. The van der Waals surface area contributed by atoms with E-state index in [4.69, 9.17) is 11.6 Å². The average molecular weight is 347 g/mol. The van der Waals surface area contributed by atoms with Crippen LogP contribution in [-0.2, 0) is 6.54 Å². The maximum atomic E-state index is 13.2. The fourth-order valence-corrected chi connectivity index (χ4v) is 3.36. The van der Waals surface area contributed by atoms with Crippen LogP contribution in [0.2, 0.25) is 5.02 Å². The Kier molecular flexibility index (Phi) is 4.20. The number of nitrogens with one attached hydrogen (secondary N) is 1. The number of fused-ring (bicyclic) bond motifs is 1. The Bertz CT molecular complexity index is 916. The summed E-state index contributed by atoms with van der Waals surface area (Å²) in [5, 5.41) is 4.16. The van der Waals surface area contributed by atoms with Crippen LogP contribution in [0.5, 0.6) is 0 Å². The molecular weight excluding hydrogens is 330 g/mol. The molecule has 0 radical (unpaired) electrons. The number of carbonyl (C=O) groups excluding carboxylic acids is 1. The molecule has 0 spiro atoms. The van der Waals surface area contributed by atoms with E-state index in [0.29, 0.717) is 17.1 Å². The molecule has 0 atom stereocenters. The SMILES string of the molecule is O=C1c2ccccc2NB(c2ccccc2)N1Cc1ccccc1Cl. The van der Waals surface area contributed by atoms with Crippen LogP contribution >= 0.6 is 11.6 Å². The fraction of sp³-hybridized carbons (Fsp3) is 0.0500. The predicted octanol–water partition coefficient (Wildman–Crippen LogP) is 3.80. The Morgan fingerprint density at radius 3 is 2.36 bits per heavy atom. The van der Waals surface area contributed by atoms with Gasteiger partial charge in [0.2, 0.25) is 5.91 Å². The third kappa shape index (κ3) is 3.01. The van der Waals surface area contributed by atoms with Crippen LogP contribution in [0.25, 0.3) is 0 Å². The van der Waals surface area contributed by atoms with Crippen molar-refractivity contribution in [3.05, 3.63) is 95.0 Å². The maximum Gasteiger partial charge on any atom is 0.411 e. The summed E-state index contributed by atoms with van der Waals surface area (Å²) in [7, 11) is 0. The van der Waals surface area contributed by atoms with Gasteiger partial charge < -0.3 is 10.0 Å². The predicted molar refractivity (Wildman–Crippen MR) is 103 cm³/mol. The lowest BCUT2D eigenvalue weighted by Gasteiger charge is -2.35. The molecule has 0 saturated carbocycles. The second kappa shape index (κ2) is 6.65. The second-order valence-corrected chi connectivity index (χ2v) is 6.43. The first-order chi connectivity index (χ1) is 12.2. The van der Waals surface area contributed by atoms with Gasteiger partial charge in [0, 0.05) is 17.3 Å². The minimum Gasteiger partial charge on any atom is -0.405 e. The molecule has 3 aromatic rings. The van der Waals surface area contributed by atoms with Gasteiger partial charge in [0.05, 0.1) is 5.56 Å². The molecule has 1 amide bonds. The first-order valence-electron chi connectivity index (χ1n) is 8.19. The van der Waals surface area contributed by atoms with E-state index in [0.717, 1.165) is 16.7 Å². The Morgan fingerprint density at radius 2 is 1.56 bits per heavy atom. The lowest BCUT2D eigenvalue weighted by Crippen LogP contribution is -2.58. The van der Waals surface area contributed by atoms with Gasteiger partial charge in [-0.3, -0.25) is 4.79 Å². The molecule has 5 heteroatoms. The van der Waals surface area contributed by atoms with Gasteiger partial charge in [-0.1, -0.05) is 72.3 Å². The Balaban J connectivity index is 1.77. The molecule has 0 fully saturated rings. The number of carbonyl (C=O) groups is 1. The number of nitrogens with zero attached hydrogens (tertiary/aromatic N) is 1. The van der Waals surface area contributed by atoms with Crippen molar-refractivity contribution in [2.45, 2.75) is 6.54 Å². The van der Waals surface area contributed by atoms with Crippen LogP contribution in [0, 0.1) is 0 Å². The van der Waals surface area contributed by atoms with Crippen molar-refractivity contribution in [2.24, 2.45) is 0 Å². The second-order valence-electron chi connectivity index (χ2n) is 6.03. The lowest BCUT2D eigenvalue weighted by atomic mass is 9.63. The standard InChI is InChI=1S/C20H16BClN2O/c22-18-12-6-4-8-15(18)14-24-20(25)17-11-5-7-13-19(17)23-21(24)16-9-2-1-3-10-16/h1-13,23H,14H2. The van der Waals surface area contributed by atoms with Crippen molar-refractivity contribution < 1.29 is 4.79 Å². The van der Waals surface area contributed by atoms with Gasteiger partial charge in [-0.15, -0.1) is 0 Å². The number of rotatable bonds is 3. The molecule has 4 rings (SSSR count). The topological polar surface area (TPSA) is 32.3 Å². The van der Waals surface area contributed by atoms with Gasteiger partial charge in [0.15, 0.2) is 0 Å². The van der Waals surface area contributed by atoms with E-state index >= 15 is 0 Å². The van der Waals surface area contributed by atoms with Crippen LogP contribution in [0.4, 0.5) is 5.69 Å². The molecule has 1 N–H and O–H groups in total. The number of anilines is 1. The molecule has 25 heavy (non-hydrogen) atoms. The van der Waals surface area contributed by atoms with Crippen LogP contribution in [0.3, 0.4) is 0 Å². The zero-order valence-corrected chi connectivity index (χ0v) is 14.3. The third-order valence-corrected chi connectivity index (χ3v) is 4.80. The number of benzene rings is 3. The van der Waals surface area contributed by atoms with E-state index in [2.05, 4.69) is 5.23 Å². The molecule has 1 heterocycles. The summed E-state index contributed by atoms with van der Waals surface area (Å²) in [6.07, 6.45) is 0. The first kappa shape index (κ1) is 15.8. The van der Waals surface area contributed by atoms with Crippen LogP contribution in [0.15, 0.2) is 78.9 Å². The Labute approximate surface area is 152 Å². The molecule has 122 valence electrons. The zero-order chi connectivity index (χ0) is 17.2. The Morgan fingerprint density at radius 1 is 0.880 bits per heavy atom. The van der Waals surface area contributed by atoms with E-state index in [-0.39, 0.29) is 12.9 Å². The van der Waals surface area contributed by atoms with E-state index in [9.17, 15) is 4.79 Å². The highest BCUT2D eigenvalue weighted by atomic mass is 35.5. The van der Waals surface area contributed by atoms with Gasteiger partial charge in [0.1, 0.15) is 0 Å². The first-order valence-corrected chi connectivity index (χ1v) is 8.57. The van der Waals surface area contributed by atoms with Gasteiger partial charge in [0.25, 0.3) is 0 Å². The maximum absolute atomic E-state index is 13.2. The van der Waals surface area contributed by atoms with Gasteiger partial charge in [-0.2, -0.15) is 0 Å². The van der Waals surface area contributed by atoms with Crippen LogP contribution in [0.1, 0.15) is 15.9 Å². The number of hydrogen-bond acceptors (Lipinski definition) is 2. The molecule has 0 unspecified atom stereocenters. The molecule has 3 aromatic carbocycles. The smallest absolute Gasteiger partial charge is 0.405 e. The van der Waals surface area contributed by atoms with Crippen molar-refractivity contribution in [1.82, 2.24) is 4.81 Å². The number of para-hydroxylation sites is 1. The highest BCUT2D eigenvalue weighted by Crippen LogP contribution is 2.26. The summed E-state index contributed by atoms with van der Waals surface area (Å²) in [6, 6.07) is 25.2. The molecule has 1 aliphatic rings. The summed E-state index contributed by atoms with van der Waals surface area (Å²) >= 11 is 6.33. The summed E-state index contributed by atoms with van der Waals surface area (Å²) in [4.78, 5) is 15.0. The van der Waals surface area contributed by atoms with Crippen molar-refractivity contribution in [3.63, 3.8) is 0 Å². The number of hydrogen-bond donors (Lipinski definition) is 1. The normalized spacial score (nSPS) is 13.4. The number of halogens is 1. The molecule has 0 aromatic heterocycles. The monoisotopic (exact) mass is 346 g/mol.